The molecule has 0 saturated carbocycles. The zero-order valence-corrected chi connectivity index (χ0v) is 14.3. The molecule has 130 valence electrons. The molecule has 7 heteroatoms. The van der Waals surface area contributed by atoms with Crippen molar-refractivity contribution in [2.24, 2.45) is 0 Å². The van der Waals surface area contributed by atoms with Crippen LogP contribution in [0.15, 0.2) is 45.7 Å². The standard InChI is InChI=1S/C18H19N3O4/c1-4-21-8-7-16(20-21)19-18(23)14-10-17(22)25-15-9-12(24-11(2)3)5-6-13(14)15/h5-11H,4H2,1-3H3,(H,19,20,23). The Morgan fingerprint density at radius 1 is 1.32 bits per heavy atom. The predicted octanol–water partition coefficient (Wildman–Crippen LogP) is 3.05. The summed E-state index contributed by atoms with van der Waals surface area (Å²) in [4.78, 5) is 24.4. The summed E-state index contributed by atoms with van der Waals surface area (Å²) in [5.74, 6) is 0.578. The Kier molecular flexibility index (Phi) is 4.56. The van der Waals surface area contributed by atoms with Gasteiger partial charge in [0.05, 0.1) is 11.7 Å². The van der Waals surface area contributed by atoms with E-state index >= 15 is 0 Å². The molecular formula is C18H19N3O4. The lowest BCUT2D eigenvalue weighted by molar-refractivity contribution is 0.102. The predicted molar refractivity (Wildman–Crippen MR) is 94.1 cm³/mol. The highest BCUT2D eigenvalue weighted by Crippen LogP contribution is 2.24. The van der Waals surface area contributed by atoms with E-state index in [-0.39, 0.29) is 11.7 Å². The molecule has 2 heterocycles. The number of carbonyl (C=O) groups excluding carboxylic acids is 1. The van der Waals surface area contributed by atoms with Gasteiger partial charge < -0.3 is 14.5 Å². The van der Waals surface area contributed by atoms with Crippen molar-refractivity contribution in [3.8, 4) is 5.75 Å². The first-order valence-electron chi connectivity index (χ1n) is 8.05. The van der Waals surface area contributed by atoms with Gasteiger partial charge in [-0.2, -0.15) is 5.10 Å². The number of nitrogens with one attached hydrogen (secondary N) is 1. The number of hydrogen-bond donors (Lipinski definition) is 1. The quantitative estimate of drug-likeness (QED) is 0.721. The minimum atomic E-state index is -0.599. The third-order valence-corrected chi connectivity index (χ3v) is 3.54. The van der Waals surface area contributed by atoms with Crippen LogP contribution in [-0.2, 0) is 6.54 Å². The van der Waals surface area contributed by atoms with Gasteiger partial charge in [0.2, 0.25) is 0 Å². The minimum absolute atomic E-state index is 0.00988. The topological polar surface area (TPSA) is 86.4 Å². The van der Waals surface area contributed by atoms with Gasteiger partial charge in [-0.15, -0.1) is 0 Å². The summed E-state index contributed by atoms with van der Waals surface area (Å²) in [5.41, 5.74) is -0.0679. The highest BCUT2D eigenvalue weighted by Gasteiger charge is 2.15. The lowest BCUT2D eigenvalue weighted by Gasteiger charge is -2.11. The Hall–Kier alpha value is -3.09. The van der Waals surface area contributed by atoms with E-state index in [4.69, 9.17) is 9.15 Å². The molecular weight excluding hydrogens is 322 g/mol. The second kappa shape index (κ2) is 6.80. The second-order valence-corrected chi connectivity index (χ2v) is 5.81. The van der Waals surface area contributed by atoms with Crippen LogP contribution in [0.2, 0.25) is 0 Å². The third kappa shape index (κ3) is 3.71. The maximum Gasteiger partial charge on any atom is 0.337 e. The molecule has 2 aromatic heterocycles. The van der Waals surface area contributed by atoms with E-state index in [1.807, 2.05) is 20.8 Å². The van der Waals surface area contributed by atoms with E-state index in [0.717, 1.165) is 0 Å². The molecule has 0 aliphatic rings. The van der Waals surface area contributed by atoms with Crippen molar-refractivity contribution in [1.82, 2.24) is 9.78 Å². The van der Waals surface area contributed by atoms with E-state index in [1.165, 1.54) is 6.07 Å². The van der Waals surface area contributed by atoms with E-state index in [0.29, 0.717) is 29.1 Å². The Morgan fingerprint density at radius 3 is 2.80 bits per heavy atom. The summed E-state index contributed by atoms with van der Waals surface area (Å²) < 4.78 is 12.5. The number of fused-ring (bicyclic) bond motifs is 1. The fourth-order valence-corrected chi connectivity index (χ4v) is 2.46. The van der Waals surface area contributed by atoms with Gasteiger partial charge in [-0.3, -0.25) is 9.48 Å². The summed E-state index contributed by atoms with van der Waals surface area (Å²) in [6, 6.07) is 7.93. The lowest BCUT2D eigenvalue weighted by atomic mass is 10.1. The van der Waals surface area contributed by atoms with Gasteiger partial charge in [-0.1, -0.05) is 0 Å². The fourth-order valence-electron chi connectivity index (χ4n) is 2.46. The van der Waals surface area contributed by atoms with Gasteiger partial charge in [-0.25, -0.2) is 4.79 Å². The van der Waals surface area contributed by atoms with Crippen LogP contribution in [-0.4, -0.2) is 21.8 Å². The molecule has 0 unspecified atom stereocenters. The molecule has 1 N–H and O–H groups in total. The van der Waals surface area contributed by atoms with Crippen LogP contribution in [0.5, 0.6) is 5.75 Å². The number of aromatic nitrogens is 2. The summed E-state index contributed by atoms with van der Waals surface area (Å²) >= 11 is 0. The van der Waals surface area contributed by atoms with Gasteiger partial charge in [0.25, 0.3) is 5.91 Å². The van der Waals surface area contributed by atoms with Crippen LogP contribution < -0.4 is 15.7 Å². The average Bonchev–Trinajstić information content (AvgIpc) is 3.00. The molecule has 0 radical (unpaired) electrons. The molecule has 0 aliphatic heterocycles. The number of benzene rings is 1. The van der Waals surface area contributed by atoms with Gasteiger partial charge in [-0.05, 0) is 32.9 Å². The second-order valence-electron chi connectivity index (χ2n) is 5.81. The first-order valence-corrected chi connectivity index (χ1v) is 8.05. The Labute approximate surface area is 144 Å². The summed E-state index contributed by atoms with van der Waals surface area (Å²) in [7, 11) is 0. The third-order valence-electron chi connectivity index (χ3n) is 3.54. The molecule has 0 fully saturated rings. The van der Waals surface area contributed by atoms with Gasteiger partial charge in [0, 0.05) is 36.3 Å². The van der Waals surface area contributed by atoms with Gasteiger partial charge in [0.15, 0.2) is 5.82 Å². The molecule has 0 saturated heterocycles. The van der Waals surface area contributed by atoms with E-state index in [1.54, 1.807) is 35.1 Å². The largest absolute Gasteiger partial charge is 0.491 e. The smallest absolute Gasteiger partial charge is 0.337 e. The van der Waals surface area contributed by atoms with Crippen molar-refractivity contribution in [2.45, 2.75) is 33.4 Å². The number of hydrogen-bond acceptors (Lipinski definition) is 5. The summed E-state index contributed by atoms with van der Waals surface area (Å²) in [6.45, 7) is 6.46. The maximum absolute atomic E-state index is 12.6. The normalized spacial score (nSPS) is 11.0. The number of nitrogens with zero attached hydrogens (tertiary/aromatic N) is 2. The van der Waals surface area contributed by atoms with Crippen molar-refractivity contribution in [2.75, 3.05) is 5.32 Å². The van der Waals surface area contributed by atoms with Crippen molar-refractivity contribution in [3.63, 3.8) is 0 Å². The number of amides is 1. The first-order chi connectivity index (χ1) is 12.0. The van der Waals surface area contributed by atoms with Gasteiger partial charge in [0.1, 0.15) is 11.3 Å². The monoisotopic (exact) mass is 341 g/mol. The number of anilines is 1. The number of ether oxygens (including phenoxy) is 1. The van der Waals surface area contributed by atoms with Crippen molar-refractivity contribution in [3.05, 3.63) is 52.5 Å². The average molecular weight is 341 g/mol. The molecule has 0 atom stereocenters. The molecule has 3 aromatic rings. The van der Waals surface area contributed by atoms with Crippen LogP contribution >= 0.6 is 0 Å². The Balaban J connectivity index is 1.97. The summed E-state index contributed by atoms with van der Waals surface area (Å²) in [6.07, 6.45) is 1.76. The lowest BCUT2D eigenvalue weighted by Crippen LogP contribution is -2.16. The van der Waals surface area contributed by atoms with Crippen LogP contribution in [0.1, 0.15) is 31.1 Å². The first kappa shape index (κ1) is 16.8. The molecule has 1 amide bonds. The highest BCUT2D eigenvalue weighted by molar-refractivity contribution is 6.11. The molecule has 0 aliphatic carbocycles. The zero-order valence-electron chi connectivity index (χ0n) is 14.3. The van der Waals surface area contributed by atoms with E-state index in [2.05, 4.69) is 10.4 Å². The van der Waals surface area contributed by atoms with Crippen LogP contribution in [0, 0.1) is 0 Å². The molecule has 25 heavy (non-hydrogen) atoms. The molecule has 0 spiro atoms. The van der Waals surface area contributed by atoms with Crippen molar-refractivity contribution >= 4 is 22.7 Å². The van der Waals surface area contributed by atoms with E-state index in [9.17, 15) is 9.59 Å². The minimum Gasteiger partial charge on any atom is -0.491 e. The van der Waals surface area contributed by atoms with Gasteiger partial charge >= 0.3 is 5.63 Å². The fraction of sp³-hybridized carbons (Fsp3) is 0.278. The van der Waals surface area contributed by atoms with Crippen LogP contribution in [0.25, 0.3) is 11.0 Å². The number of carbonyl (C=O) groups is 1. The Morgan fingerprint density at radius 2 is 2.12 bits per heavy atom. The molecule has 3 rings (SSSR count). The SMILES string of the molecule is CCn1ccc(NC(=O)c2cc(=O)oc3cc(OC(C)C)ccc23)n1. The van der Waals surface area contributed by atoms with E-state index < -0.39 is 11.5 Å². The number of rotatable bonds is 5. The van der Waals surface area contributed by atoms with Crippen LogP contribution in [0.3, 0.4) is 0 Å². The Bertz CT molecular complexity index is 972. The molecule has 1 aromatic carbocycles. The van der Waals surface area contributed by atoms with Crippen LogP contribution in [0.4, 0.5) is 5.82 Å². The highest BCUT2D eigenvalue weighted by atomic mass is 16.5. The van der Waals surface area contributed by atoms with Crippen molar-refractivity contribution < 1.29 is 13.9 Å². The molecule has 0 bridgehead atoms. The van der Waals surface area contributed by atoms with Crippen molar-refractivity contribution in [1.29, 1.82) is 0 Å². The summed E-state index contributed by atoms with van der Waals surface area (Å²) in [5, 5.41) is 7.43. The number of aryl methyl sites for hydroxylation is 1. The maximum atomic E-state index is 12.6. The zero-order chi connectivity index (χ0) is 18.0. The molecule has 7 nitrogen and oxygen atoms in total.